The first-order chi connectivity index (χ1) is 10.2. The lowest BCUT2D eigenvalue weighted by Gasteiger charge is -2.26. The van der Waals surface area contributed by atoms with Gasteiger partial charge in [-0.2, -0.15) is 0 Å². The zero-order chi connectivity index (χ0) is 15.1. The highest BCUT2D eigenvalue weighted by Gasteiger charge is 2.20. The lowest BCUT2D eigenvalue weighted by Crippen LogP contribution is -2.44. The minimum atomic E-state index is -0.178. The molecule has 1 atom stereocenters. The summed E-state index contributed by atoms with van der Waals surface area (Å²) in [5.41, 5.74) is 0. The molecule has 2 N–H and O–H groups in total. The van der Waals surface area contributed by atoms with Gasteiger partial charge in [0.05, 0.1) is 12.8 Å². The van der Waals surface area contributed by atoms with Crippen LogP contribution in [0, 0.1) is 5.92 Å². The Kier molecular flexibility index (Phi) is 5.80. The molecule has 1 saturated heterocycles. The normalized spacial score (nSPS) is 16.8. The quantitative estimate of drug-likeness (QED) is 0.770. The zero-order valence-corrected chi connectivity index (χ0v) is 12.1. The summed E-state index contributed by atoms with van der Waals surface area (Å²) in [6.45, 7) is 1.11. The smallest absolute Gasteiger partial charge is 0.239 e. The summed E-state index contributed by atoms with van der Waals surface area (Å²) < 4.78 is 5.23. The van der Waals surface area contributed by atoms with E-state index < -0.39 is 0 Å². The van der Waals surface area contributed by atoms with E-state index in [9.17, 15) is 14.7 Å². The molecule has 1 aliphatic heterocycles. The highest BCUT2D eigenvalue weighted by molar-refractivity contribution is 5.85. The molecule has 6 nitrogen and oxygen atoms in total. The lowest BCUT2D eigenvalue weighted by molar-refractivity contribution is -0.137. The number of hydrogen-bond acceptors (Lipinski definition) is 4. The molecule has 1 unspecified atom stereocenters. The first-order valence-electron chi connectivity index (χ1n) is 7.36. The van der Waals surface area contributed by atoms with Crippen molar-refractivity contribution < 1.29 is 19.1 Å². The first kappa shape index (κ1) is 15.6. The molecular weight excluding hydrogens is 272 g/mol. The van der Waals surface area contributed by atoms with Gasteiger partial charge in [-0.05, 0) is 25.0 Å². The van der Waals surface area contributed by atoms with Crippen LogP contribution >= 0.6 is 0 Å². The number of aliphatic hydroxyl groups is 1. The number of nitrogens with one attached hydrogen (secondary N) is 1. The number of piperidine rings is 1. The van der Waals surface area contributed by atoms with Crippen LogP contribution in [0.25, 0.3) is 0 Å². The SMILES string of the molecule is O=C(CN1CCCCC1=O)NCC(CO)Cc1ccco1. The van der Waals surface area contributed by atoms with Crippen molar-refractivity contribution in [3.05, 3.63) is 24.2 Å². The van der Waals surface area contributed by atoms with Gasteiger partial charge in [-0.3, -0.25) is 9.59 Å². The monoisotopic (exact) mass is 294 g/mol. The van der Waals surface area contributed by atoms with Crippen LogP contribution < -0.4 is 5.32 Å². The topological polar surface area (TPSA) is 82.8 Å². The summed E-state index contributed by atoms with van der Waals surface area (Å²) in [5.74, 6) is 0.570. The average Bonchev–Trinajstić information content (AvgIpc) is 2.99. The standard InChI is InChI=1S/C15H22N2O4/c18-11-12(8-13-4-3-7-21-13)9-16-14(19)10-17-6-2-1-5-15(17)20/h3-4,7,12,18H,1-2,5-6,8-11H2,(H,16,19). The van der Waals surface area contributed by atoms with Crippen molar-refractivity contribution in [1.82, 2.24) is 10.2 Å². The van der Waals surface area contributed by atoms with Gasteiger partial charge in [-0.15, -0.1) is 0 Å². The number of aliphatic hydroxyl groups excluding tert-OH is 1. The van der Waals surface area contributed by atoms with Gasteiger partial charge in [0.2, 0.25) is 11.8 Å². The van der Waals surface area contributed by atoms with Crippen molar-refractivity contribution >= 4 is 11.8 Å². The zero-order valence-electron chi connectivity index (χ0n) is 12.1. The summed E-state index contributed by atoms with van der Waals surface area (Å²) in [6, 6.07) is 3.64. The summed E-state index contributed by atoms with van der Waals surface area (Å²) in [6.07, 6.45) is 4.56. The first-order valence-corrected chi connectivity index (χ1v) is 7.36. The fraction of sp³-hybridized carbons (Fsp3) is 0.600. The Morgan fingerprint density at radius 3 is 3.00 bits per heavy atom. The van der Waals surface area contributed by atoms with Gasteiger partial charge in [0, 0.05) is 38.5 Å². The molecule has 1 aromatic rings. The molecule has 21 heavy (non-hydrogen) atoms. The Morgan fingerprint density at radius 1 is 1.48 bits per heavy atom. The maximum absolute atomic E-state index is 11.9. The van der Waals surface area contributed by atoms with Gasteiger partial charge in [-0.1, -0.05) is 0 Å². The molecule has 116 valence electrons. The molecule has 2 heterocycles. The Bertz CT molecular complexity index is 458. The fourth-order valence-corrected chi connectivity index (χ4v) is 2.43. The van der Waals surface area contributed by atoms with E-state index in [2.05, 4.69) is 5.32 Å². The van der Waals surface area contributed by atoms with Crippen LogP contribution in [0.2, 0.25) is 0 Å². The molecule has 2 rings (SSSR count). The second-order valence-corrected chi connectivity index (χ2v) is 5.41. The van der Waals surface area contributed by atoms with E-state index in [1.54, 1.807) is 17.2 Å². The van der Waals surface area contributed by atoms with Crippen LogP contribution in [0.3, 0.4) is 0 Å². The minimum absolute atomic E-state index is 0.0242. The van der Waals surface area contributed by atoms with Crippen LogP contribution in [-0.2, 0) is 16.0 Å². The van der Waals surface area contributed by atoms with Crippen molar-refractivity contribution in [3.8, 4) is 0 Å². The number of likely N-dealkylation sites (tertiary alicyclic amines) is 1. The molecule has 0 aromatic carbocycles. The number of rotatable bonds is 7. The van der Waals surface area contributed by atoms with E-state index in [1.807, 2.05) is 6.07 Å². The lowest BCUT2D eigenvalue weighted by atomic mass is 10.1. The van der Waals surface area contributed by atoms with Crippen LogP contribution in [0.1, 0.15) is 25.0 Å². The molecule has 1 aliphatic rings. The van der Waals surface area contributed by atoms with Gasteiger partial charge < -0.3 is 19.7 Å². The largest absolute Gasteiger partial charge is 0.469 e. The summed E-state index contributed by atoms with van der Waals surface area (Å²) >= 11 is 0. The van der Waals surface area contributed by atoms with E-state index >= 15 is 0 Å². The van der Waals surface area contributed by atoms with Gasteiger partial charge >= 0.3 is 0 Å². The summed E-state index contributed by atoms with van der Waals surface area (Å²) in [7, 11) is 0. The van der Waals surface area contributed by atoms with E-state index in [0.29, 0.717) is 25.9 Å². The van der Waals surface area contributed by atoms with Crippen LogP contribution in [0.5, 0.6) is 0 Å². The van der Waals surface area contributed by atoms with Crippen LogP contribution in [-0.4, -0.2) is 48.1 Å². The Labute approximate surface area is 124 Å². The predicted molar refractivity (Wildman–Crippen MR) is 76.4 cm³/mol. The van der Waals surface area contributed by atoms with Crippen molar-refractivity contribution in [2.75, 3.05) is 26.2 Å². The number of furan rings is 1. The number of nitrogens with zero attached hydrogens (tertiary/aromatic N) is 1. The van der Waals surface area contributed by atoms with Gasteiger partial charge in [-0.25, -0.2) is 0 Å². The third-order valence-corrected chi connectivity index (χ3v) is 3.67. The Hall–Kier alpha value is -1.82. The second-order valence-electron chi connectivity index (χ2n) is 5.41. The molecule has 0 spiro atoms. The Balaban J connectivity index is 1.72. The molecule has 6 heteroatoms. The average molecular weight is 294 g/mol. The summed E-state index contributed by atoms with van der Waals surface area (Å²) in [5, 5.41) is 12.1. The van der Waals surface area contributed by atoms with Crippen molar-refractivity contribution in [3.63, 3.8) is 0 Å². The van der Waals surface area contributed by atoms with Gasteiger partial charge in [0.25, 0.3) is 0 Å². The second kappa shape index (κ2) is 7.83. The summed E-state index contributed by atoms with van der Waals surface area (Å²) in [4.78, 5) is 25.1. The molecule has 0 saturated carbocycles. The Morgan fingerprint density at radius 2 is 2.33 bits per heavy atom. The maximum Gasteiger partial charge on any atom is 0.239 e. The number of hydrogen-bond donors (Lipinski definition) is 2. The minimum Gasteiger partial charge on any atom is -0.469 e. The molecule has 0 bridgehead atoms. The predicted octanol–water partition coefficient (Wildman–Crippen LogP) is 0.559. The van der Waals surface area contributed by atoms with E-state index in [-0.39, 0.29) is 30.9 Å². The highest BCUT2D eigenvalue weighted by Crippen LogP contribution is 2.10. The van der Waals surface area contributed by atoms with Gasteiger partial charge in [0.15, 0.2) is 0 Å². The van der Waals surface area contributed by atoms with Crippen molar-refractivity contribution in [2.24, 2.45) is 5.92 Å². The van der Waals surface area contributed by atoms with Crippen molar-refractivity contribution in [2.45, 2.75) is 25.7 Å². The molecular formula is C15H22N2O4. The van der Waals surface area contributed by atoms with Gasteiger partial charge in [0.1, 0.15) is 5.76 Å². The van der Waals surface area contributed by atoms with Crippen LogP contribution in [0.4, 0.5) is 0 Å². The fourth-order valence-electron chi connectivity index (χ4n) is 2.43. The number of amides is 2. The van der Waals surface area contributed by atoms with Crippen LogP contribution in [0.15, 0.2) is 22.8 Å². The number of carbonyl (C=O) groups excluding carboxylic acids is 2. The maximum atomic E-state index is 11.9. The molecule has 1 fully saturated rings. The van der Waals surface area contributed by atoms with E-state index in [0.717, 1.165) is 18.6 Å². The van der Waals surface area contributed by atoms with E-state index in [4.69, 9.17) is 4.42 Å². The third kappa shape index (κ3) is 4.90. The van der Waals surface area contributed by atoms with Crippen molar-refractivity contribution in [1.29, 1.82) is 0 Å². The number of carbonyl (C=O) groups is 2. The molecule has 0 aliphatic carbocycles. The third-order valence-electron chi connectivity index (χ3n) is 3.67. The molecule has 2 amide bonds. The molecule has 1 aromatic heterocycles. The highest BCUT2D eigenvalue weighted by atomic mass is 16.3. The van der Waals surface area contributed by atoms with E-state index in [1.165, 1.54) is 0 Å². The molecule has 0 radical (unpaired) electrons.